The molecular weight excluding hydrogens is 641 g/mol. The first-order valence-electron chi connectivity index (χ1n) is 14.0. The molecule has 7 nitrogen and oxygen atoms in total. The molecule has 11 heteroatoms. The Hall–Kier alpha value is -3.56. The van der Waals surface area contributed by atoms with Crippen molar-refractivity contribution in [3.63, 3.8) is 0 Å². The topological polar surface area (TPSA) is 86.8 Å². The van der Waals surface area contributed by atoms with Gasteiger partial charge in [-0.05, 0) is 60.5 Å². The number of amides is 2. The number of nitrogens with zero attached hydrogens (tertiary/aromatic N) is 2. The predicted molar refractivity (Wildman–Crippen MR) is 177 cm³/mol. The van der Waals surface area contributed by atoms with Crippen molar-refractivity contribution in [3.8, 4) is 0 Å². The van der Waals surface area contributed by atoms with Gasteiger partial charge in [0.25, 0.3) is 10.0 Å². The summed E-state index contributed by atoms with van der Waals surface area (Å²) in [6.07, 6.45) is 0.865. The zero-order valence-corrected chi connectivity index (χ0v) is 27.1. The third kappa shape index (κ3) is 8.33. The van der Waals surface area contributed by atoms with Crippen LogP contribution in [0.25, 0.3) is 0 Å². The smallest absolute Gasteiger partial charge is 0.264 e. The van der Waals surface area contributed by atoms with Gasteiger partial charge >= 0.3 is 0 Å². The van der Waals surface area contributed by atoms with Gasteiger partial charge in [0.1, 0.15) is 12.6 Å². The van der Waals surface area contributed by atoms with Crippen LogP contribution in [-0.2, 0) is 32.6 Å². The summed E-state index contributed by atoms with van der Waals surface area (Å²) in [6.45, 7) is 1.59. The molecule has 0 spiro atoms. The first kappa shape index (κ1) is 33.3. The Morgan fingerprint density at radius 3 is 1.98 bits per heavy atom. The van der Waals surface area contributed by atoms with E-state index in [1.165, 1.54) is 29.2 Å². The number of hydrogen-bond donors (Lipinski definition) is 1. The van der Waals surface area contributed by atoms with Crippen LogP contribution in [0, 0.1) is 0 Å². The fourth-order valence-electron chi connectivity index (χ4n) is 4.63. The maximum atomic E-state index is 14.4. The largest absolute Gasteiger partial charge is 0.354 e. The van der Waals surface area contributed by atoms with E-state index in [1.807, 2.05) is 37.3 Å². The second-order valence-corrected chi connectivity index (χ2v) is 13.1. The van der Waals surface area contributed by atoms with Crippen LogP contribution in [-0.4, -0.2) is 44.3 Å². The Kier molecular flexibility index (Phi) is 11.7. The monoisotopic (exact) mass is 671 g/mol. The third-order valence-electron chi connectivity index (χ3n) is 6.94. The number of halogens is 3. The summed E-state index contributed by atoms with van der Waals surface area (Å²) in [7, 11) is -4.21. The SMILES string of the molecule is CCCNC(=O)C(Cc1ccccc1)N(Cc1c(Cl)cccc1Cl)C(=O)CN(c1ccc(Cl)cc1)S(=O)(=O)c1ccccc1. The number of sulfonamides is 1. The molecule has 4 aromatic carbocycles. The normalized spacial score (nSPS) is 11.9. The average molecular weight is 673 g/mol. The van der Waals surface area contributed by atoms with Gasteiger partial charge in [0.05, 0.1) is 10.6 Å². The van der Waals surface area contributed by atoms with Crippen LogP contribution >= 0.6 is 34.8 Å². The molecule has 230 valence electrons. The zero-order valence-electron chi connectivity index (χ0n) is 24.0. The van der Waals surface area contributed by atoms with Gasteiger partial charge in [-0.1, -0.05) is 96.3 Å². The van der Waals surface area contributed by atoms with E-state index in [0.29, 0.717) is 33.6 Å². The molecule has 0 saturated carbocycles. The van der Waals surface area contributed by atoms with Gasteiger partial charge in [-0.2, -0.15) is 0 Å². The average Bonchev–Trinajstić information content (AvgIpc) is 3.03. The molecule has 0 aliphatic carbocycles. The highest BCUT2D eigenvalue weighted by atomic mass is 35.5. The Labute approximate surface area is 273 Å². The first-order valence-corrected chi connectivity index (χ1v) is 16.6. The van der Waals surface area contributed by atoms with Crippen molar-refractivity contribution in [2.24, 2.45) is 0 Å². The van der Waals surface area contributed by atoms with Crippen LogP contribution in [0.1, 0.15) is 24.5 Å². The molecule has 44 heavy (non-hydrogen) atoms. The molecule has 2 amide bonds. The van der Waals surface area contributed by atoms with Crippen molar-refractivity contribution < 1.29 is 18.0 Å². The van der Waals surface area contributed by atoms with Crippen molar-refractivity contribution in [1.82, 2.24) is 10.2 Å². The molecular formula is C33H32Cl3N3O4S. The minimum Gasteiger partial charge on any atom is -0.354 e. The second-order valence-electron chi connectivity index (χ2n) is 10.0. The minimum atomic E-state index is -4.21. The molecule has 1 N–H and O–H groups in total. The van der Waals surface area contributed by atoms with Crippen molar-refractivity contribution >= 4 is 62.3 Å². The van der Waals surface area contributed by atoms with E-state index in [1.54, 1.807) is 48.5 Å². The number of anilines is 1. The molecule has 4 rings (SSSR count). The highest BCUT2D eigenvalue weighted by molar-refractivity contribution is 7.92. The quantitative estimate of drug-likeness (QED) is 0.166. The molecule has 0 bridgehead atoms. The van der Waals surface area contributed by atoms with E-state index < -0.39 is 28.5 Å². The van der Waals surface area contributed by atoms with Crippen LogP contribution in [0.2, 0.25) is 15.1 Å². The lowest BCUT2D eigenvalue weighted by atomic mass is 10.0. The minimum absolute atomic E-state index is 0.00460. The number of carbonyl (C=O) groups excluding carboxylic acids is 2. The maximum absolute atomic E-state index is 14.4. The standard InChI is InChI=1S/C33H32Cl3N3O4S/c1-2-20-37-33(41)31(21-24-10-5-3-6-11-24)38(22-28-29(35)14-9-15-30(28)36)32(40)23-39(26-18-16-25(34)17-19-26)44(42,43)27-12-7-4-8-13-27/h3-19,31H,2,20-23H2,1H3,(H,37,41). The fraction of sp³-hybridized carbons (Fsp3) is 0.212. The Balaban J connectivity index is 1.82. The predicted octanol–water partition coefficient (Wildman–Crippen LogP) is 7.01. The van der Waals surface area contributed by atoms with Gasteiger partial charge in [0.15, 0.2) is 0 Å². The van der Waals surface area contributed by atoms with Gasteiger partial charge in [0, 0.05) is 40.1 Å². The van der Waals surface area contributed by atoms with Crippen molar-refractivity contribution in [3.05, 3.63) is 129 Å². The van der Waals surface area contributed by atoms with Gasteiger partial charge in [-0.25, -0.2) is 8.42 Å². The molecule has 1 atom stereocenters. The van der Waals surface area contributed by atoms with Gasteiger partial charge < -0.3 is 10.2 Å². The Morgan fingerprint density at radius 1 is 0.795 bits per heavy atom. The van der Waals surface area contributed by atoms with Crippen LogP contribution < -0.4 is 9.62 Å². The summed E-state index contributed by atoms with van der Waals surface area (Å²) in [5.41, 5.74) is 1.49. The fourth-order valence-corrected chi connectivity index (χ4v) is 6.71. The number of rotatable bonds is 13. The van der Waals surface area contributed by atoms with Gasteiger partial charge in [-0.15, -0.1) is 0 Å². The zero-order chi connectivity index (χ0) is 31.7. The summed E-state index contributed by atoms with van der Waals surface area (Å²) in [5.74, 6) is -1.00. The van der Waals surface area contributed by atoms with Crippen LogP contribution in [0.3, 0.4) is 0 Å². The van der Waals surface area contributed by atoms with E-state index in [9.17, 15) is 18.0 Å². The summed E-state index contributed by atoms with van der Waals surface area (Å²) in [6, 6.07) is 27.3. The molecule has 0 aromatic heterocycles. The summed E-state index contributed by atoms with van der Waals surface area (Å²) in [4.78, 5) is 29.5. The summed E-state index contributed by atoms with van der Waals surface area (Å²) in [5, 5.41) is 3.94. The number of carbonyl (C=O) groups is 2. The Morgan fingerprint density at radius 2 is 1.39 bits per heavy atom. The highest BCUT2D eigenvalue weighted by Crippen LogP contribution is 2.29. The Bertz CT molecular complexity index is 1650. The van der Waals surface area contributed by atoms with Crippen molar-refractivity contribution in [2.45, 2.75) is 37.2 Å². The first-order chi connectivity index (χ1) is 21.1. The molecule has 4 aromatic rings. The lowest BCUT2D eigenvalue weighted by molar-refractivity contribution is -0.140. The molecule has 0 aliphatic heterocycles. The van der Waals surface area contributed by atoms with Crippen LogP contribution in [0.15, 0.2) is 108 Å². The molecule has 0 radical (unpaired) electrons. The van der Waals surface area contributed by atoms with Crippen molar-refractivity contribution in [1.29, 1.82) is 0 Å². The number of hydrogen-bond acceptors (Lipinski definition) is 4. The number of nitrogens with one attached hydrogen (secondary N) is 1. The molecule has 1 unspecified atom stereocenters. The molecule has 0 saturated heterocycles. The number of benzene rings is 4. The van der Waals surface area contributed by atoms with E-state index in [0.717, 1.165) is 9.87 Å². The van der Waals surface area contributed by atoms with E-state index in [4.69, 9.17) is 34.8 Å². The van der Waals surface area contributed by atoms with E-state index in [-0.39, 0.29) is 29.5 Å². The summed E-state index contributed by atoms with van der Waals surface area (Å²) < 4.78 is 29.0. The molecule has 0 aliphatic rings. The van der Waals surface area contributed by atoms with Gasteiger partial charge in [-0.3, -0.25) is 13.9 Å². The van der Waals surface area contributed by atoms with Crippen LogP contribution in [0.4, 0.5) is 5.69 Å². The van der Waals surface area contributed by atoms with E-state index >= 15 is 0 Å². The van der Waals surface area contributed by atoms with Gasteiger partial charge in [0.2, 0.25) is 11.8 Å². The summed E-state index contributed by atoms with van der Waals surface area (Å²) >= 11 is 19.2. The van der Waals surface area contributed by atoms with Crippen LogP contribution in [0.5, 0.6) is 0 Å². The van der Waals surface area contributed by atoms with E-state index in [2.05, 4.69) is 5.32 Å². The second kappa shape index (κ2) is 15.4. The highest BCUT2D eigenvalue weighted by Gasteiger charge is 2.35. The molecule has 0 heterocycles. The third-order valence-corrected chi connectivity index (χ3v) is 9.68. The lowest BCUT2D eigenvalue weighted by Crippen LogP contribution is -2.53. The van der Waals surface area contributed by atoms with Crippen molar-refractivity contribution in [2.75, 3.05) is 17.4 Å². The maximum Gasteiger partial charge on any atom is 0.264 e. The lowest BCUT2D eigenvalue weighted by Gasteiger charge is -2.34. The molecule has 0 fully saturated rings.